The van der Waals surface area contributed by atoms with Gasteiger partial charge in [-0.25, -0.2) is 8.78 Å². The third-order valence-electron chi connectivity index (χ3n) is 21.0. The fourth-order valence-electron chi connectivity index (χ4n) is 16.3. The molecular formula is C96H62F2N2O4. The first-order valence-electron chi connectivity index (χ1n) is 34.8. The van der Waals surface area contributed by atoms with Crippen molar-refractivity contribution in [2.45, 2.75) is 10.8 Å². The van der Waals surface area contributed by atoms with Crippen molar-refractivity contribution in [1.29, 1.82) is 0 Å². The van der Waals surface area contributed by atoms with Crippen LogP contribution in [0.3, 0.4) is 0 Å². The summed E-state index contributed by atoms with van der Waals surface area (Å²) in [5.41, 5.74) is 21.1. The molecule has 0 radical (unpaired) electrons. The van der Waals surface area contributed by atoms with Crippen molar-refractivity contribution in [2.75, 3.05) is 9.80 Å². The smallest absolute Gasteiger partial charge is 0.135 e. The Labute approximate surface area is 599 Å². The Hall–Kier alpha value is -13.6. The maximum absolute atomic E-state index is 15.4. The van der Waals surface area contributed by atoms with Crippen LogP contribution in [0.15, 0.2) is 362 Å². The molecule has 6 nitrogen and oxygen atoms in total. The van der Waals surface area contributed by atoms with E-state index in [0.717, 1.165) is 156 Å². The molecule has 2 unspecified atom stereocenters. The number of furan rings is 2. The molecule has 0 bridgehead atoms. The Morgan fingerprint density at radius 1 is 0.269 bits per heavy atom. The Bertz CT molecular complexity index is 5840. The number of para-hydroxylation sites is 2. The van der Waals surface area contributed by atoms with Gasteiger partial charge in [0.25, 0.3) is 0 Å². The molecule has 0 N–H and O–H groups in total. The van der Waals surface area contributed by atoms with Crippen LogP contribution < -0.4 is 19.3 Å². The molecule has 0 saturated heterocycles. The van der Waals surface area contributed by atoms with Gasteiger partial charge in [0, 0.05) is 55.7 Å². The summed E-state index contributed by atoms with van der Waals surface area (Å²) in [6.45, 7) is 7.85. The van der Waals surface area contributed by atoms with E-state index >= 15 is 8.78 Å². The predicted octanol–water partition coefficient (Wildman–Crippen LogP) is 26.3. The van der Waals surface area contributed by atoms with E-state index in [1.54, 1.807) is 24.3 Å². The van der Waals surface area contributed by atoms with Gasteiger partial charge in [-0.15, -0.1) is 0 Å². The van der Waals surface area contributed by atoms with Gasteiger partial charge in [-0.05, 0) is 248 Å². The summed E-state index contributed by atoms with van der Waals surface area (Å²) in [6, 6.07) is 115. The van der Waals surface area contributed by atoms with Gasteiger partial charge in [0.1, 0.15) is 57.0 Å². The minimum Gasteiger partial charge on any atom is -0.457 e. The van der Waals surface area contributed by atoms with Crippen LogP contribution in [0.4, 0.5) is 42.9 Å². The number of nitrogens with zero attached hydrogens (tertiary/aromatic N) is 2. The number of fused-ring (bicyclic) bond motifs is 12. The summed E-state index contributed by atoms with van der Waals surface area (Å²) in [7, 11) is 0. The van der Waals surface area contributed by atoms with Gasteiger partial charge in [-0.1, -0.05) is 195 Å². The molecule has 0 amide bonds. The number of halogens is 2. The fraction of sp³-hybridized carbons (Fsp3) is 0.0208. The van der Waals surface area contributed by atoms with Crippen LogP contribution in [0.5, 0.6) is 23.0 Å². The molecule has 19 rings (SSSR count). The van der Waals surface area contributed by atoms with Gasteiger partial charge in [0.15, 0.2) is 0 Å². The zero-order valence-electron chi connectivity index (χ0n) is 56.2. The predicted molar refractivity (Wildman–Crippen MR) is 418 cm³/mol. The molecule has 8 heteroatoms. The highest BCUT2D eigenvalue weighted by Crippen LogP contribution is 2.60. The van der Waals surface area contributed by atoms with Gasteiger partial charge < -0.3 is 28.1 Å². The van der Waals surface area contributed by atoms with Gasteiger partial charge in [-0.3, -0.25) is 0 Å². The second-order valence-electron chi connectivity index (χ2n) is 26.6. The van der Waals surface area contributed by atoms with Gasteiger partial charge >= 0.3 is 0 Å². The van der Waals surface area contributed by atoms with E-state index < -0.39 is 10.8 Å². The van der Waals surface area contributed by atoms with E-state index in [4.69, 9.17) is 18.3 Å². The number of ether oxygens (including phenoxy) is 2. The zero-order chi connectivity index (χ0) is 69.6. The molecule has 2 aromatic heterocycles. The molecule has 494 valence electrons. The van der Waals surface area contributed by atoms with Crippen LogP contribution >= 0.6 is 0 Å². The minimum atomic E-state index is -0.913. The van der Waals surface area contributed by atoms with E-state index in [0.29, 0.717) is 23.0 Å². The fourth-order valence-corrected chi connectivity index (χ4v) is 16.3. The number of rotatable bonds is 16. The Morgan fingerprint density at radius 3 is 0.952 bits per heavy atom. The van der Waals surface area contributed by atoms with E-state index in [1.165, 1.54) is 0 Å². The van der Waals surface area contributed by atoms with Crippen molar-refractivity contribution < 1.29 is 27.1 Å². The molecule has 2 heterocycles. The quantitative estimate of drug-likeness (QED) is 0.0961. The highest BCUT2D eigenvalue weighted by Gasteiger charge is 2.48. The Balaban J connectivity index is 0.790. The first-order chi connectivity index (χ1) is 51.2. The second-order valence-corrected chi connectivity index (χ2v) is 26.6. The molecule has 0 spiro atoms. The minimum absolute atomic E-state index is 0.319. The van der Waals surface area contributed by atoms with Crippen LogP contribution in [0.1, 0.15) is 55.6 Å². The molecule has 0 saturated carbocycles. The summed E-state index contributed by atoms with van der Waals surface area (Å²) in [6.07, 6.45) is 3.63. The molecule has 0 aliphatic heterocycles. The van der Waals surface area contributed by atoms with E-state index in [1.807, 2.05) is 146 Å². The summed E-state index contributed by atoms with van der Waals surface area (Å²) in [5, 5.41) is 3.99. The normalized spacial score (nSPS) is 14.8. The standard InChI is InChI=1S/C96H62F2N2O4/c1-3-61-21-45-75(46-22-61)101-77-49-29-65(30-50-77)95(63-25-33-67(97)34-26-63)87-17-9-5-13-79(87)81-53-41-73(59-89(81)95)99(71-43-55-93-85(57-71)83-15-7-11-19-91(83)103-93)69-37-39-70(40-38-69)100(72-44-56-94-86(58-72)84-16-8-12-20-92(84)104-94)74-42-54-82-80-14-6-10-18-88(80)96(90(82)60-74,64-27-35-68(98)36-28-64)66-31-51-78(52-32-66)102-76-47-23-62(4-2)24-48-76/h3-60H,1-2H2. The molecule has 2 aliphatic rings. The van der Waals surface area contributed by atoms with Gasteiger partial charge in [0.05, 0.1) is 10.8 Å². The Morgan fingerprint density at radius 2 is 0.567 bits per heavy atom. The van der Waals surface area contributed by atoms with Gasteiger partial charge in [-0.2, -0.15) is 0 Å². The largest absolute Gasteiger partial charge is 0.457 e. The SMILES string of the molecule is C=Cc1ccc(Oc2ccc(C3(c4ccc(F)cc4)c4ccccc4-c4ccc(N(c5ccc(N(c6ccc7c(c6)C(c6ccc(F)cc6)(c6ccc(Oc8ccc(C=C)cc8)cc6)c6ccccc6-7)c6ccc7oc8ccccc8c7c6)cc5)c5ccc6oc7ccccc7c6c5)cc43)cc2)cc1. The molecular weight excluding hydrogens is 1280 g/mol. The highest BCUT2D eigenvalue weighted by atomic mass is 19.1. The number of hydrogen-bond donors (Lipinski definition) is 0. The summed E-state index contributed by atoms with van der Waals surface area (Å²) in [5.74, 6) is 2.14. The molecule has 0 fully saturated rings. The van der Waals surface area contributed by atoms with Crippen LogP contribution in [-0.4, -0.2) is 0 Å². The molecule has 2 aliphatic carbocycles. The van der Waals surface area contributed by atoms with E-state index in [9.17, 15) is 0 Å². The van der Waals surface area contributed by atoms with Crippen molar-refractivity contribution in [3.63, 3.8) is 0 Å². The second kappa shape index (κ2) is 24.7. The van der Waals surface area contributed by atoms with Crippen LogP contribution in [-0.2, 0) is 10.8 Å². The van der Waals surface area contributed by atoms with Crippen molar-refractivity contribution in [1.82, 2.24) is 0 Å². The molecule has 15 aromatic carbocycles. The maximum atomic E-state index is 15.4. The number of anilines is 6. The lowest BCUT2D eigenvalue weighted by Crippen LogP contribution is -2.29. The topological polar surface area (TPSA) is 51.2 Å². The number of hydrogen-bond acceptors (Lipinski definition) is 6. The summed E-state index contributed by atoms with van der Waals surface area (Å²) in [4.78, 5) is 4.65. The van der Waals surface area contributed by atoms with E-state index in [-0.39, 0.29) is 11.6 Å². The number of benzene rings is 15. The van der Waals surface area contributed by atoms with Crippen molar-refractivity contribution >= 4 is 90.2 Å². The van der Waals surface area contributed by atoms with E-state index in [2.05, 4.69) is 205 Å². The lowest BCUT2D eigenvalue weighted by molar-refractivity contribution is 0.482. The average Bonchev–Trinajstić information content (AvgIpc) is 1.53. The zero-order valence-corrected chi connectivity index (χ0v) is 56.2. The van der Waals surface area contributed by atoms with Crippen LogP contribution in [0.2, 0.25) is 0 Å². The molecule has 2 atom stereocenters. The summed E-state index contributed by atoms with van der Waals surface area (Å²) >= 11 is 0. The summed E-state index contributed by atoms with van der Waals surface area (Å²) < 4.78 is 56.7. The molecule has 104 heavy (non-hydrogen) atoms. The van der Waals surface area contributed by atoms with Crippen LogP contribution in [0, 0.1) is 11.6 Å². The highest BCUT2D eigenvalue weighted by molar-refractivity contribution is 6.08. The van der Waals surface area contributed by atoms with Crippen LogP contribution in [0.25, 0.3) is 78.3 Å². The lowest BCUT2D eigenvalue weighted by Gasteiger charge is -2.35. The van der Waals surface area contributed by atoms with Crippen molar-refractivity contribution in [3.05, 3.63) is 420 Å². The third kappa shape index (κ3) is 9.97. The monoisotopic (exact) mass is 1340 g/mol. The first kappa shape index (κ1) is 61.5. The molecule has 17 aromatic rings. The Kier molecular flexibility index (Phi) is 14.6. The first-order valence-corrected chi connectivity index (χ1v) is 34.8. The van der Waals surface area contributed by atoms with Crippen molar-refractivity contribution in [2.24, 2.45) is 0 Å². The third-order valence-corrected chi connectivity index (χ3v) is 21.0. The van der Waals surface area contributed by atoms with Crippen molar-refractivity contribution in [3.8, 4) is 45.3 Å². The average molecular weight is 1350 g/mol. The lowest BCUT2D eigenvalue weighted by atomic mass is 9.67. The maximum Gasteiger partial charge on any atom is 0.135 e. The van der Waals surface area contributed by atoms with Gasteiger partial charge in [0.2, 0.25) is 0 Å².